The van der Waals surface area contributed by atoms with Crippen LogP contribution in [0, 0.1) is 0 Å². The van der Waals surface area contributed by atoms with Crippen molar-refractivity contribution in [1.29, 1.82) is 0 Å². The topological polar surface area (TPSA) is 56.7 Å². The fraction of sp³-hybridized carbons (Fsp3) is 0.455. The first-order chi connectivity index (χ1) is 7.58. The van der Waals surface area contributed by atoms with E-state index < -0.39 is 0 Å². The van der Waals surface area contributed by atoms with Crippen LogP contribution in [0.5, 0.6) is 0 Å². The molecule has 1 amide bonds. The van der Waals surface area contributed by atoms with Crippen molar-refractivity contribution in [3.8, 4) is 0 Å². The molecule has 16 heavy (non-hydrogen) atoms. The Balaban J connectivity index is 2.08. The minimum atomic E-state index is -0.245. The zero-order valence-electron chi connectivity index (χ0n) is 9.42. The molecule has 1 aliphatic rings. The highest BCUT2D eigenvalue weighted by atomic mass is 16.3. The number of amides is 1. The van der Waals surface area contributed by atoms with Crippen LogP contribution in [0.2, 0.25) is 0 Å². The second-order valence-corrected chi connectivity index (χ2v) is 4.16. The molecule has 0 aliphatic carbocycles. The molecule has 0 radical (unpaired) electrons. The summed E-state index contributed by atoms with van der Waals surface area (Å²) in [6, 6.07) is 3.57. The lowest BCUT2D eigenvalue weighted by atomic mass is 10.1. The summed E-state index contributed by atoms with van der Waals surface area (Å²) in [4.78, 5) is 19.3. The van der Waals surface area contributed by atoms with Crippen LogP contribution in [0.15, 0.2) is 18.3 Å². The molecule has 2 heterocycles. The normalized spacial score (nSPS) is 15.8. The Morgan fingerprint density at radius 2 is 2.19 bits per heavy atom. The lowest BCUT2D eigenvalue weighted by Crippen LogP contribution is -2.51. The van der Waals surface area contributed by atoms with Crippen molar-refractivity contribution in [3.63, 3.8) is 0 Å². The van der Waals surface area contributed by atoms with Gasteiger partial charge in [0.05, 0.1) is 11.7 Å². The number of rotatable bonds is 2. The standard InChI is InChI=1S/C11H15N3O2/c1-13(2)11(16)8-3-4-10(12-5-8)14-6-9(15)7-14/h3-5,9,15H,6-7H2,1-2H3. The summed E-state index contributed by atoms with van der Waals surface area (Å²) >= 11 is 0. The highest BCUT2D eigenvalue weighted by Gasteiger charge is 2.25. The van der Waals surface area contributed by atoms with E-state index >= 15 is 0 Å². The van der Waals surface area contributed by atoms with Gasteiger partial charge in [0.1, 0.15) is 5.82 Å². The quantitative estimate of drug-likeness (QED) is 0.761. The summed E-state index contributed by atoms with van der Waals surface area (Å²) in [6.45, 7) is 1.24. The second kappa shape index (κ2) is 4.09. The molecule has 2 rings (SSSR count). The predicted molar refractivity (Wildman–Crippen MR) is 60.5 cm³/mol. The lowest BCUT2D eigenvalue weighted by molar-refractivity contribution is 0.0827. The Bertz CT molecular complexity index is 383. The molecular weight excluding hydrogens is 206 g/mol. The van der Waals surface area contributed by atoms with Gasteiger partial charge in [0.15, 0.2) is 0 Å². The highest BCUT2D eigenvalue weighted by Crippen LogP contribution is 2.18. The van der Waals surface area contributed by atoms with Gasteiger partial charge in [-0.05, 0) is 12.1 Å². The van der Waals surface area contributed by atoms with Crippen LogP contribution in [0.25, 0.3) is 0 Å². The third-order valence-corrected chi connectivity index (χ3v) is 2.59. The van der Waals surface area contributed by atoms with Gasteiger partial charge in [-0.15, -0.1) is 0 Å². The first-order valence-electron chi connectivity index (χ1n) is 5.18. The van der Waals surface area contributed by atoms with E-state index in [0.29, 0.717) is 18.7 Å². The molecule has 1 aromatic rings. The Morgan fingerprint density at radius 1 is 1.50 bits per heavy atom. The number of aromatic nitrogens is 1. The van der Waals surface area contributed by atoms with E-state index in [1.165, 1.54) is 4.90 Å². The fourth-order valence-corrected chi connectivity index (χ4v) is 1.60. The summed E-state index contributed by atoms with van der Waals surface area (Å²) in [7, 11) is 3.42. The van der Waals surface area contributed by atoms with E-state index in [1.807, 2.05) is 11.0 Å². The number of pyridine rings is 1. The van der Waals surface area contributed by atoms with Gasteiger partial charge in [-0.1, -0.05) is 0 Å². The molecule has 5 nitrogen and oxygen atoms in total. The summed E-state index contributed by atoms with van der Waals surface area (Å²) in [5.41, 5.74) is 0.579. The van der Waals surface area contributed by atoms with Gasteiger partial charge in [0, 0.05) is 33.4 Å². The fourth-order valence-electron chi connectivity index (χ4n) is 1.60. The van der Waals surface area contributed by atoms with Gasteiger partial charge < -0.3 is 14.9 Å². The van der Waals surface area contributed by atoms with E-state index in [1.54, 1.807) is 26.4 Å². The molecule has 1 aromatic heterocycles. The van der Waals surface area contributed by atoms with Crippen LogP contribution in [-0.2, 0) is 0 Å². The maximum absolute atomic E-state index is 11.6. The van der Waals surface area contributed by atoms with Crippen LogP contribution in [0.1, 0.15) is 10.4 Å². The molecule has 0 spiro atoms. The molecular formula is C11H15N3O2. The van der Waals surface area contributed by atoms with Crippen molar-refractivity contribution in [2.24, 2.45) is 0 Å². The number of carbonyl (C=O) groups is 1. The predicted octanol–water partition coefficient (Wildman–Crippen LogP) is -0.0357. The molecule has 1 fully saturated rings. The lowest BCUT2D eigenvalue weighted by Gasteiger charge is -2.36. The summed E-state index contributed by atoms with van der Waals surface area (Å²) in [5, 5.41) is 9.17. The van der Waals surface area contributed by atoms with E-state index in [4.69, 9.17) is 5.11 Å². The van der Waals surface area contributed by atoms with Crippen molar-refractivity contribution in [1.82, 2.24) is 9.88 Å². The first kappa shape index (κ1) is 10.9. The van der Waals surface area contributed by atoms with Crippen LogP contribution in [0.3, 0.4) is 0 Å². The Labute approximate surface area is 94.3 Å². The van der Waals surface area contributed by atoms with E-state index in [2.05, 4.69) is 4.98 Å². The molecule has 0 atom stereocenters. The van der Waals surface area contributed by atoms with Crippen LogP contribution >= 0.6 is 0 Å². The zero-order chi connectivity index (χ0) is 11.7. The summed E-state index contributed by atoms with van der Waals surface area (Å²) in [6.07, 6.45) is 1.33. The number of hydrogen-bond acceptors (Lipinski definition) is 4. The molecule has 0 aromatic carbocycles. The highest BCUT2D eigenvalue weighted by molar-refractivity contribution is 5.93. The molecule has 5 heteroatoms. The Kier molecular flexibility index (Phi) is 2.78. The van der Waals surface area contributed by atoms with E-state index in [0.717, 1.165) is 5.82 Å². The molecule has 1 aliphatic heterocycles. The van der Waals surface area contributed by atoms with Gasteiger partial charge in [-0.2, -0.15) is 0 Å². The largest absolute Gasteiger partial charge is 0.389 e. The minimum absolute atomic E-state index is 0.0531. The number of carbonyl (C=O) groups excluding carboxylic acids is 1. The Hall–Kier alpha value is -1.62. The van der Waals surface area contributed by atoms with Crippen molar-refractivity contribution >= 4 is 11.7 Å². The van der Waals surface area contributed by atoms with Crippen molar-refractivity contribution in [2.75, 3.05) is 32.1 Å². The number of aliphatic hydroxyl groups excluding tert-OH is 1. The van der Waals surface area contributed by atoms with E-state index in [9.17, 15) is 4.79 Å². The van der Waals surface area contributed by atoms with Crippen LogP contribution < -0.4 is 4.90 Å². The molecule has 1 saturated heterocycles. The molecule has 0 unspecified atom stereocenters. The van der Waals surface area contributed by atoms with Gasteiger partial charge >= 0.3 is 0 Å². The number of nitrogens with zero attached hydrogens (tertiary/aromatic N) is 3. The van der Waals surface area contributed by atoms with Gasteiger partial charge in [-0.25, -0.2) is 4.98 Å². The van der Waals surface area contributed by atoms with Gasteiger partial charge in [0.2, 0.25) is 0 Å². The third-order valence-electron chi connectivity index (χ3n) is 2.59. The maximum Gasteiger partial charge on any atom is 0.254 e. The maximum atomic E-state index is 11.6. The van der Waals surface area contributed by atoms with E-state index in [-0.39, 0.29) is 12.0 Å². The smallest absolute Gasteiger partial charge is 0.254 e. The molecule has 1 N–H and O–H groups in total. The zero-order valence-corrected chi connectivity index (χ0v) is 9.42. The van der Waals surface area contributed by atoms with Crippen LogP contribution in [0.4, 0.5) is 5.82 Å². The number of β-amino-alcohol motifs (C(OH)–C–C–N with tert-alkyl or cyclic N) is 1. The van der Waals surface area contributed by atoms with Crippen molar-refractivity contribution in [2.45, 2.75) is 6.10 Å². The van der Waals surface area contributed by atoms with Crippen molar-refractivity contribution in [3.05, 3.63) is 23.9 Å². The molecule has 86 valence electrons. The monoisotopic (exact) mass is 221 g/mol. The minimum Gasteiger partial charge on any atom is -0.389 e. The third kappa shape index (κ3) is 1.99. The number of hydrogen-bond donors (Lipinski definition) is 1. The van der Waals surface area contributed by atoms with Crippen LogP contribution in [-0.4, -0.2) is 54.2 Å². The molecule has 0 saturated carbocycles. The second-order valence-electron chi connectivity index (χ2n) is 4.16. The van der Waals surface area contributed by atoms with Gasteiger partial charge in [-0.3, -0.25) is 4.79 Å². The average molecular weight is 221 g/mol. The SMILES string of the molecule is CN(C)C(=O)c1ccc(N2CC(O)C2)nc1. The number of anilines is 1. The summed E-state index contributed by atoms with van der Waals surface area (Å²) in [5.74, 6) is 0.753. The Morgan fingerprint density at radius 3 is 2.62 bits per heavy atom. The first-order valence-corrected chi connectivity index (χ1v) is 5.18. The molecule has 0 bridgehead atoms. The van der Waals surface area contributed by atoms with Gasteiger partial charge in [0.25, 0.3) is 5.91 Å². The average Bonchev–Trinajstić information content (AvgIpc) is 2.24. The summed E-state index contributed by atoms with van der Waals surface area (Å²) < 4.78 is 0. The van der Waals surface area contributed by atoms with Crippen molar-refractivity contribution < 1.29 is 9.90 Å². The number of aliphatic hydroxyl groups is 1.